The normalized spacial score (nSPS) is 9.56. The lowest BCUT2D eigenvalue weighted by Crippen LogP contribution is -2.14. The minimum atomic E-state index is -0.318. The van der Waals surface area contributed by atoms with Gasteiger partial charge in [0.2, 0.25) is 0 Å². The van der Waals surface area contributed by atoms with Gasteiger partial charge in [0.05, 0.1) is 11.3 Å². The first-order valence-electron chi connectivity index (χ1n) is 5.44. The first-order chi connectivity index (χ1) is 8.70. The maximum absolute atomic E-state index is 12.0. The number of aromatic nitrogens is 1. The minimum Gasteiger partial charge on any atom is -0.319 e. The number of anilines is 1. The van der Waals surface area contributed by atoms with Crippen LogP contribution in [0.3, 0.4) is 0 Å². The topological polar surface area (TPSA) is 65.8 Å². The number of nitrogens with zero attached hydrogens (tertiary/aromatic N) is 2. The van der Waals surface area contributed by atoms with Crippen molar-refractivity contribution in [2.45, 2.75) is 6.92 Å². The zero-order chi connectivity index (χ0) is 13.0. The third-order valence-corrected chi connectivity index (χ3v) is 2.44. The monoisotopic (exact) mass is 237 g/mol. The Hall–Kier alpha value is -2.67. The zero-order valence-electron chi connectivity index (χ0n) is 9.84. The molecule has 0 unspecified atom stereocenters. The van der Waals surface area contributed by atoms with E-state index >= 15 is 0 Å². The van der Waals surface area contributed by atoms with Crippen molar-refractivity contribution in [2.24, 2.45) is 0 Å². The molecule has 4 nitrogen and oxygen atoms in total. The fourth-order valence-electron chi connectivity index (χ4n) is 1.54. The van der Waals surface area contributed by atoms with Crippen LogP contribution in [0.1, 0.15) is 21.6 Å². The van der Waals surface area contributed by atoms with Crippen LogP contribution in [-0.4, -0.2) is 10.9 Å². The van der Waals surface area contributed by atoms with E-state index in [1.54, 1.807) is 36.5 Å². The third kappa shape index (κ3) is 2.53. The number of pyridine rings is 1. The summed E-state index contributed by atoms with van der Waals surface area (Å²) < 4.78 is 0. The zero-order valence-corrected chi connectivity index (χ0v) is 9.84. The van der Waals surface area contributed by atoms with Crippen LogP contribution in [-0.2, 0) is 0 Å². The highest BCUT2D eigenvalue weighted by Gasteiger charge is 2.09. The van der Waals surface area contributed by atoms with Gasteiger partial charge in [-0.1, -0.05) is 12.1 Å². The molecule has 1 N–H and O–H groups in total. The molecule has 1 heterocycles. The molecule has 0 atom stereocenters. The van der Waals surface area contributed by atoms with Crippen molar-refractivity contribution in [1.29, 1.82) is 5.26 Å². The summed E-state index contributed by atoms with van der Waals surface area (Å²) in [6.07, 6.45) is 1.58. The van der Waals surface area contributed by atoms with Crippen molar-refractivity contribution in [3.63, 3.8) is 0 Å². The van der Waals surface area contributed by atoms with Crippen LogP contribution in [0.4, 0.5) is 5.69 Å². The number of hydrogen-bond donors (Lipinski definition) is 1. The van der Waals surface area contributed by atoms with Crippen molar-refractivity contribution in [1.82, 2.24) is 4.98 Å². The Balaban J connectivity index is 2.25. The molecule has 0 spiro atoms. The van der Waals surface area contributed by atoms with E-state index in [0.29, 0.717) is 16.9 Å². The molecule has 0 fully saturated rings. The number of benzene rings is 1. The average Bonchev–Trinajstić information content (AvgIpc) is 2.39. The molecule has 0 aliphatic rings. The number of hydrogen-bond acceptors (Lipinski definition) is 3. The van der Waals surface area contributed by atoms with E-state index in [1.807, 2.05) is 19.1 Å². The van der Waals surface area contributed by atoms with E-state index in [0.717, 1.165) is 5.56 Å². The van der Waals surface area contributed by atoms with Gasteiger partial charge >= 0.3 is 0 Å². The van der Waals surface area contributed by atoms with Crippen LogP contribution in [0, 0.1) is 18.3 Å². The fraction of sp³-hybridized carbons (Fsp3) is 0.0714. The Kier molecular flexibility index (Phi) is 3.35. The highest BCUT2D eigenvalue weighted by Crippen LogP contribution is 2.14. The number of carbonyl (C=O) groups is 1. The molecule has 0 bridgehead atoms. The standard InChI is InChI=1S/C14H11N3O/c1-10-6-7-16-13(8-10)14(18)17-12-5-3-2-4-11(12)9-15/h2-8H,1H3,(H,17,18). The summed E-state index contributed by atoms with van der Waals surface area (Å²) in [5, 5.41) is 11.6. The fourth-order valence-corrected chi connectivity index (χ4v) is 1.54. The minimum absolute atomic E-state index is 0.318. The molecule has 0 aliphatic carbocycles. The molecule has 0 radical (unpaired) electrons. The van der Waals surface area contributed by atoms with Crippen molar-refractivity contribution < 1.29 is 4.79 Å². The van der Waals surface area contributed by atoms with Crippen LogP contribution in [0.5, 0.6) is 0 Å². The molecule has 0 saturated carbocycles. The molecule has 0 aliphatic heterocycles. The maximum Gasteiger partial charge on any atom is 0.274 e. The molecule has 2 rings (SSSR count). The number of nitrogens with one attached hydrogen (secondary N) is 1. The van der Waals surface area contributed by atoms with Crippen molar-refractivity contribution >= 4 is 11.6 Å². The predicted molar refractivity (Wildman–Crippen MR) is 68.1 cm³/mol. The highest BCUT2D eigenvalue weighted by molar-refractivity contribution is 6.03. The summed E-state index contributed by atoms with van der Waals surface area (Å²) in [6.45, 7) is 1.89. The second kappa shape index (κ2) is 5.11. The van der Waals surface area contributed by atoms with Crippen molar-refractivity contribution in [3.8, 4) is 6.07 Å². The molecular weight excluding hydrogens is 226 g/mol. The Morgan fingerprint density at radius 2 is 2.11 bits per heavy atom. The second-order valence-corrected chi connectivity index (χ2v) is 3.83. The Bertz CT molecular complexity index is 629. The summed E-state index contributed by atoms with van der Waals surface area (Å²) in [4.78, 5) is 15.9. The lowest BCUT2D eigenvalue weighted by atomic mass is 10.2. The maximum atomic E-state index is 12.0. The van der Waals surface area contributed by atoms with E-state index in [-0.39, 0.29) is 5.91 Å². The summed E-state index contributed by atoms with van der Waals surface area (Å²) >= 11 is 0. The smallest absolute Gasteiger partial charge is 0.274 e. The number of nitriles is 1. The Labute approximate surface area is 105 Å². The van der Waals surface area contributed by atoms with Gasteiger partial charge in [-0.25, -0.2) is 0 Å². The van der Waals surface area contributed by atoms with Gasteiger partial charge in [-0.15, -0.1) is 0 Å². The number of amides is 1. The largest absolute Gasteiger partial charge is 0.319 e. The molecule has 2 aromatic rings. The van der Waals surface area contributed by atoms with E-state index < -0.39 is 0 Å². The summed E-state index contributed by atoms with van der Waals surface area (Å²) in [7, 11) is 0. The van der Waals surface area contributed by atoms with Gasteiger partial charge in [-0.05, 0) is 36.8 Å². The van der Waals surface area contributed by atoms with E-state index in [9.17, 15) is 4.79 Å². The molecule has 1 aromatic carbocycles. The number of para-hydroxylation sites is 1. The van der Waals surface area contributed by atoms with Gasteiger partial charge in [-0.2, -0.15) is 5.26 Å². The Morgan fingerprint density at radius 1 is 1.33 bits per heavy atom. The molecule has 1 amide bonds. The second-order valence-electron chi connectivity index (χ2n) is 3.83. The van der Waals surface area contributed by atoms with Gasteiger partial charge in [0.15, 0.2) is 0 Å². The summed E-state index contributed by atoms with van der Waals surface area (Å²) in [6, 6.07) is 12.4. The van der Waals surface area contributed by atoms with Gasteiger partial charge in [0.25, 0.3) is 5.91 Å². The van der Waals surface area contributed by atoms with Crippen LogP contribution < -0.4 is 5.32 Å². The molecule has 88 valence electrons. The van der Waals surface area contributed by atoms with E-state index in [1.165, 1.54) is 0 Å². The number of carbonyl (C=O) groups excluding carboxylic acids is 1. The van der Waals surface area contributed by atoms with Crippen molar-refractivity contribution in [3.05, 3.63) is 59.4 Å². The summed E-state index contributed by atoms with van der Waals surface area (Å²) in [5.74, 6) is -0.318. The van der Waals surface area contributed by atoms with E-state index in [4.69, 9.17) is 5.26 Å². The lowest BCUT2D eigenvalue weighted by Gasteiger charge is -2.06. The van der Waals surface area contributed by atoms with Gasteiger partial charge in [0.1, 0.15) is 11.8 Å². The first kappa shape index (κ1) is 11.8. The Morgan fingerprint density at radius 3 is 2.83 bits per heavy atom. The molecule has 0 saturated heterocycles. The predicted octanol–water partition coefficient (Wildman–Crippen LogP) is 2.51. The molecule has 18 heavy (non-hydrogen) atoms. The van der Waals surface area contributed by atoms with Crippen LogP contribution in [0.25, 0.3) is 0 Å². The lowest BCUT2D eigenvalue weighted by molar-refractivity contribution is 0.102. The van der Waals surface area contributed by atoms with Crippen molar-refractivity contribution in [2.75, 3.05) is 5.32 Å². The molecular formula is C14H11N3O. The molecule has 4 heteroatoms. The van der Waals surface area contributed by atoms with Gasteiger partial charge < -0.3 is 5.32 Å². The molecule has 1 aromatic heterocycles. The number of rotatable bonds is 2. The number of aryl methyl sites for hydroxylation is 1. The van der Waals surface area contributed by atoms with Crippen LogP contribution in [0.15, 0.2) is 42.6 Å². The first-order valence-corrected chi connectivity index (χ1v) is 5.44. The van der Waals surface area contributed by atoms with Gasteiger partial charge in [-0.3, -0.25) is 9.78 Å². The van der Waals surface area contributed by atoms with Crippen LogP contribution >= 0.6 is 0 Å². The SMILES string of the molecule is Cc1ccnc(C(=O)Nc2ccccc2C#N)c1. The highest BCUT2D eigenvalue weighted by atomic mass is 16.1. The average molecular weight is 237 g/mol. The van der Waals surface area contributed by atoms with Crippen LogP contribution in [0.2, 0.25) is 0 Å². The van der Waals surface area contributed by atoms with E-state index in [2.05, 4.69) is 10.3 Å². The van der Waals surface area contributed by atoms with Gasteiger partial charge in [0, 0.05) is 6.20 Å². The third-order valence-electron chi connectivity index (χ3n) is 2.44. The quantitative estimate of drug-likeness (QED) is 0.872. The summed E-state index contributed by atoms with van der Waals surface area (Å²) in [5.41, 5.74) is 2.22.